The summed E-state index contributed by atoms with van der Waals surface area (Å²) in [5, 5.41) is 12.3. The summed E-state index contributed by atoms with van der Waals surface area (Å²) in [7, 11) is -3.21. The number of tetrazole rings is 1. The maximum Gasteiger partial charge on any atom is 0.250 e. The number of hydrogen-bond donors (Lipinski definition) is 1. The molecule has 3 aliphatic heterocycles. The van der Waals surface area contributed by atoms with Gasteiger partial charge in [-0.3, -0.25) is 0 Å². The van der Waals surface area contributed by atoms with Crippen LogP contribution in [0.1, 0.15) is 12.8 Å². The van der Waals surface area contributed by atoms with Crippen LogP contribution in [0.4, 0.5) is 5.95 Å². The lowest BCUT2D eigenvalue weighted by atomic mass is 9.74. The summed E-state index contributed by atoms with van der Waals surface area (Å²) in [6, 6.07) is 9.80. The molecule has 3 fully saturated rings. The number of nitrogens with one attached hydrogen (secondary N) is 1. The number of hydrogen-bond acceptors (Lipinski definition) is 7. The molecule has 5 rings (SSSR count). The molecule has 0 aliphatic carbocycles. The first-order valence-corrected chi connectivity index (χ1v) is 11.1. The van der Waals surface area contributed by atoms with E-state index < -0.39 is 10.0 Å². The molecule has 0 saturated carbocycles. The van der Waals surface area contributed by atoms with Gasteiger partial charge in [-0.05, 0) is 35.4 Å². The Labute approximate surface area is 157 Å². The number of anilines is 1. The quantitative estimate of drug-likeness (QED) is 0.778. The summed E-state index contributed by atoms with van der Waals surface area (Å²) in [5.74, 6) is 1.15. The predicted molar refractivity (Wildman–Crippen MR) is 98.0 cm³/mol. The van der Waals surface area contributed by atoms with E-state index in [2.05, 4.69) is 25.1 Å². The standard InChI is InChI=1S/C17H22N6O3S/c1-27(24,25)18-9-13-14-10-22(11-17(14)8-7-15(13)26-17)16-19-20-21-23(16)12-5-3-2-4-6-12/h2-6,13-15,18H,7-11H2,1H3/t13-,14+,15+,17+/m0/s1. The lowest BCUT2D eigenvalue weighted by molar-refractivity contribution is 0.0141. The highest BCUT2D eigenvalue weighted by Gasteiger charge is 2.63. The Morgan fingerprint density at radius 1 is 1.33 bits per heavy atom. The highest BCUT2D eigenvalue weighted by atomic mass is 32.2. The van der Waals surface area contributed by atoms with Gasteiger partial charge < -0.3 is 9.64 Å². The molecule has 1 spiro atoms. The Morgan fingerprint density at radius 3 is 2.93 bits per heavy atom. The third-order valence-electron chi connectivity index (χ3n) is 6.10. The molecule has 2 aromatic rings. The number of fused-ring (bicyclic) bond motifs is 1. The van der Waals surface area contributed by atoms with Crippen LogP contribution in [-0.2, 0) is 14.8 Å². The molecule has 144 valence electrons. The Hall–Kier alpha value is -2.04. The lowest BCUT2D eigenvalue weighted by Crippen LogP contribution is -2.41. The number of aromatic nitrogens is 4. The lowest BCUT2D eigenvalue weighted by Gasteiger charge is -2.29. The van der Waals surface area contributed by atoms with Gasteiger partial charge >= 0.3 is 0 Å². The van der Waals surface area contributed by atoms with Crippen molar-refractivity contribution >= 4 is 16.0 Å². The van der Waals surface area contributed by atoms with E-state index in [1.807, 2.05) is 30.3 Å². The second-order valence-corrected chi connectivity index (χ2v) is 9.59. The van der Waals surface area contributed by atoms with Crippen molar-refractivity contribution in [3.63, 3.8) is 0 Å². The number of sulfonamides is 1. The molecule has 9 nitrogen and oxygen atoms in total. The van der Waals surface area contributed by atoms with Gasteiger partial charge in [0.15, 0.2) is 0 Å². The average molecular weight is 390 g/mol. The van der Waals surface area contributed by atoms with Crippen LogP contribution in [-0.4, -0.2) is 66.2 Å². The molecule has 0 amide bonds. The number of nitrogens with zero attached hydrogens (tertiary/aromatic N) is 5. The van der Waals surface area contributed by atoms with Crippen LogP contribution in [0.25, 0.3) is 5.69 Å². The van der Waals surface area contributed by atoms with Crippen LogP contribution >= 0.6 is 0 Å². The molecule has 27 heavy (non-hydrogen) atoms. The SMILES string of the molecule is CS(=O)(=O)NC[C@H]1[C@H]2CN(c3nnnn3-c3ccccc3)C[C@]23CC[C@H]1O3. The smallest absolute Gasteiger partial charge is 0.250 e. The second-order valence-electron chi connectivity index (χ2n) is 7.76. The number of rotatable bonds is 5. The van der Waals surface area contributed by atoms with Crippen molar-refractivity contribution in [3.8, 4) is 5.69 Å². The monoisotopic (exact) mass is 390 g/mol. The van der Waals surface area contributed by atoms with E-state index in [9.17, 15) is 8.42 Å². The summed E-state index contributed by atoms with van der Waals surface area (Å²) in [6.07, 6.45) is 3.31. The number of para-hydroxylation sites is 1. The van der Waals surface area contributed by atoms with Crippen molar-refractivity contribution in [2.45, 2.75) is 24.5 Å². The van der Waals surface area contributed by atoms with E-state index in [0.717, 1.165) is 31.6 Å². The Morgan fingerprint density at radius 2 is 2.15 bits per heavy atom. The number of ether oxygens (including phenoxy) is 1. The zero-order chi connectivity index (χ0) is 18.6. The van der Waals surface area contributed by atoms with Gasteiger partial charge in [0.2, 0.25) is 16.0 Å². The molecule has 3 saturated heterocycles. The molecule has 1 aromatic heterocycles. The minimum absolute atomic E-state index is 0.136. The predicted octanol–water partition coefficient (Wildman–Crippen LogP) is 0.195. The maximum atomic E-state index is 11.5. The normalized spacial score (nSPS) is 32.2. The van der Waals surface area contributed by atoms with Crippen LogP contribution in [0.5, 0.6) is 0 Å². The van der Waals surface area contributed by atoms with Gasteiger partial charge in [0.1, 0.15) is 0 Å². The van der Waals surface area contributed by atoms with Crippen molar-refractivity contribution in [2.75, 3.05) is 30.8 Å². The first-order chi connectivity index (χ1) is 13.0. The van der Waals surface area contributed by atoms with Crippen molar-refractivity contribution in [2.24, 2.45) is 11.8 Å². The highest BCUT2D eigenvalue weighted by molar-refractivity contribution is 7.88. The van der Waals surface area contributed by atoms with E-state index >= 15 is 0 Å². The van der Waals surface area contributed by atoms with Gasteiger partial charge in [0, 0.05) is 24.9 Å². The third-order valence-corrected chi connectivity index (χ3v) is 6.79. The first-order valence-electron chi connectivity index (χ1n) is 9.16. The maximum absolute atomic E-state index is 11.5. The van der Waals surface area contributed by atoms with Gasteiger partial charge in [-0.25, -0.2) is 13.1 Å². The Kier molecular flexibility index (Phi) is 3.78. The fourth-order valence-corrected chi connectivity index (χ4v) is 5.47. The molecule has 1 N–H and O–H groups in total. The number of benzene rings is 1. The van der Waals surface area contributed by atoms with Gasteiger partial charge in [-0.2, -0.15) is 4.68 Å². The Bertz CT molecular complexity index is 949. The minimum Gasteiger partial charge on any atom is -0.369 e. The zero-order valence-electron chi connectivity index (χ0n) is 15.0. The molecule has 1 aromatic carbocycles. The van der Waals surface area contributed by atoms with Gasteiger partial charge in [-0.15, -0.1) is 0 Å². The van der Waals surface area contributed by atoms with Crippen molar-refractivity contribution in [1.29, 1.82) is 0 Å². The van der Waals surface area contributed by atoms with E-state index in [1.54, 1.807) is 4.68 Å². The van der Waals surface area contributed by atoms with E-state index in [4.69, 9.17) is 4.74 Å². The summed E-state index contributed by atoms with van der Waals surface area (Å²) in [4.78, 5) is 2.17. The molecule has 4 heterocycles. The third kappa shape index (κ3) is 2.82. The highest BCUT2D eigenvalue weighted by Crippen LogP contribution is 2.55. The van der Waals surface area contributed by atoms with Gasteiger partial charge in [-0.1, -0.05) is 23.3 Å². The first kappa shape index (κ1) is 17.1. The van der Waals surface area contributed by atoms with Crippen molar-refractivity contribution in [3.05, 3.63) is 30.3 Å². The van der Waals surface area contributed by atoms with E-state index in [0.29, 0.717) is 12.5 Å². The topological polar surface area (TPSA) is 102 Å². The molecule has 0 unspecified atom stereocenters. The molecule has 4 atom stereocenters. The fourth-order valence-electron chi connectivity index (χ4n) is 4.98. The second kappa shape index (κ2) is 5.98. The molecule has 2 bridgehead atoms. The molecule has 10 heteroatoms. The summed E-state index contributed by atoms with van der Waals surface area (Å²) < 4.78 is 33.9. The minimum atomic E-state index is -3.21. The van der Waals surface area contributed by atoms with Crippen LogP contribution in [0.15, 0.2) is 30.3 Å². The molecular formula is C17H22N6O3S. The Balaban J connectivity index is 1.41. The van der Waals surface area contributed by atoms with Crippen molar-refractivity contribution < 1.29 is 13.2 Å². The van der Waals surface area contributed by atoms with Crippen LogP contribution in [0, 0.1) is 11.8 Å². The summed E-state index contributed by atoms with van der Waals surface area (Å²) >= 11 is 0. The summed E-state index contributed by atoms with van der Waals surface area (Å²) in [6.45, 7) is 1.92. The van der Waals surface area contributed by atoms with E-state index in [1.165, 1.54) is 6.26 Å². The zero-order valence-corrected chi connectivity index (χ0v) is 15.8. The average Bonchev–Trinajstić information content (AvgIpc) is 3.38. The van der Waals surface area contributed by atoms with Crippen LogP contribution in [0.2, 0.25) is 0 Å². The van der Waals surface area contributed by atoms with Crippen LogP contribution in [0.3, 0.4) is 0 Å². The van der Waals surface area contributed by atoms with E-state index in [-0.39, 0.29) is 23.5 Å². The summed E-state index contributed by atoms with van der Waals surface area (Å²) in [5.41, 5.74) is 0.690. The molecular weight excluding hydrogens is 368 g/mol. The molecule has 3 aliphatic rings. The largest absolute Gasteiger partial charge is 0.369 e. The van der Waals surface area contributed by atoms with Gasteiger partial charge in [0.25, 0.3) is 0 Å². The van der Waals surface area contributed by atoms with Crippen LogP contribution < -0.4 is 9.62 Å². The fraction of sp³-hybridized carbons (Fsp3) is 0.588. The van der Waals surface area contributed by atoms with Crippen molar-refractivity contribution in [1.82, 2.24) is 24.9 Å². The van der Waals surface area contributed by atoms with Gasteiger partial charge in [0.05, 0.1) is 30.2 Å². The molecule has 0 radical (unpaired) electrons.